The third-order valence-electron chi connectivity index (χ3n) is 4.76. The van der Waals surface area contributed by atoms with Crippen molar-refractivity contribution in [1.82, 2.24) is 9.55 Å². The fraction of sp³-hybridized carbons (Fsp3) is 0.160. The van der Waals surface area contributed by atoms with E-state index >= 15 is 0 Å². The summed E-state index contributed by atoms with van der Waals surface area (Å²) in [5.74, 6) is 0.929. The Bertz CT molecular complexity index is 1050. The molecule has 0 bridgehead atoms. The fourth-order valence-electron chi connectivity index (χ4n) is 3.10. The average molecular weight is 539 g/mol. The van der Waals surface area contributed by atoms with Gasteiger partial charge in [-0.05, 0) is 53.9 Å². The van der Waals surface area contributed by atoms with E-state index in [1.54, 1.807) is 19.6 Å². The molecule has 0 aliphatic rings. The molecule has 0 N–H and O–H groups in total. The maximum absolute atomic E-state index is 5.24. The van der Waals surface area contributed by atoms with Gasteiger partial charge in [0.25, 0.3) is 0 Å². The van der Waals surface area contributed by atoms with Crippen molar-refractivity contribution in [2.75, 3.05) is 7.11 Å². The third-order valence-corrected chi connectivity index (χ3v) is 5.89. The van der Waals surface area contributed by atoms with Crippen LogP contribution >= 0.6 is 31.9 Å². The molecule has 0 unspecified atom stereocenters. The molecule has 0 amide bonds. The molecule has 1 heterocycles. The zero-order chi connectivity index (χ0) is 21.9. The van der Waals surface area contributed by atoms with E-state index in [0.717, 1.165) is 34.0 Å². The quantitative estimate of drug-likeness (QED) is 0.206. The Balaban J connectivity index is 0.000000194. The lowest BCUT2D eigenvalue weighted by Crippen LogP contribution is -2.18. The highest BCUT2D eigenvalue weighted by Crippen LogP contribution is 2.14. The van der Waals surface area contributed by atoms with Crippen LogP contribution in [0.25, 0.3) is 5.69 Å². The van der Waals surface area contributed by atoms with E-state index in [4.69, 9.17) is 4.74 Å². The highest BCUT2D eigenvalue weighted by molar-refractivity contribution is 9.10. The lowest BCUT2D eigenvalue weighted by atomic mass is 9.64. The number of aromatic nitrogens is 2. The Labute approximate surface area is 202 Å². The summed E-state index contributed by atoms with van der Waals surface area (Å²) >= 11 is 6.91. The van der Waals surface area contributed by atoms with Gasteiger partial charge in [-0.1, -0.05) is 80.0 Å². The Morgan fingerprint density at radius 3 is 2.52 bits per heavy atom. The summed E-state index contributed by atoms with van der Waals surface area (Å²) in [6.45, 7) is 0. The molecule has 1 aromatic heterocycles. The normalized spacial score (nSPS) is 10.2. The number of methoxy groups -OCH3 is 1. The van der Waals surface area contributed by atoms with E-state index < -0.39 is 0 Å². The van der Waals surface area contributed by atoms with Gasteiger partial charge in [-0.3, -0.25) is 0 Å². The molecule has 0 fully saturated rings. The number of ether oxygens (including phenoxy) is 1. The van der Waals surface area contributed by atoms with E-state index in [0.29, 0.717) is 0 Å². The van der Waals surface area contributed by atoms with Crippen LogP contribution in [0.4, 0.5) is 0 Å². The van der Waals surface area contributed by atoms with Crippen molar-refractivity contribution >= 4 is 44.6 Å². The topological polar surface area (TPSA) is 27.1 Å². The van der Waals surface area contributed by atoms with Crippen LogP contribution in [0.15, 0.2) is 96.0 Å². The SMILES string of the molecule is Brc1ccc(-n2ccnc2)cc1.COc1cccc(CC[B]c2ccccc2CBr)c1. The van der Waals surface area contributed by atoms with Crippen molar-refractivity contribution in [1.29, 1.82) is 0 Å². The lowest BCUT2D eigenvalue weighted by molar-refractivity contribution is 0.414. The van der Waals surface area contributed by atoms with Crippen LogP contribution in [0.1, 0.15) is 11.1 Å². The molecule has 157 valence electrons. The molecule has 3 nitrogen and oxygen atoms in total. The summed E-state index contributed by atoms with van der Waals surface area (Å²) in [7, 11) is 4.01. The number of alkyl halides is 1. The van der Waals surface area contributed by atoms with E-state index in [2.05, 4.69) is 80.5 Å². The van der Waals surface area contributed by atoms with Crippen molar-refractivity contribution < 1.29 is 4.74 Å². The first kappa shape index (κ1) is 23.4. The first-order valence-corrected chi connectivity index (χ1v) is 11.9. The Morgan fingerprint density at radius 1 is 1.00 bits per heavy atom. The monoisotopic (exact) mass is 537 g/mol. The Kier molecular flexibility index (Phi) is 9.44. The first-order chi connectivity index (χ1) is 15.2. The number of hydrogen-bond acceptors (Lipinski definition) is 2. The first-order valence-electron chi connectivity index (χ1n) is 10.0. The summed E-state index contributed by atoms with van der Waals surface area (Å²) in [4.78, 5) is 3.97. The number of hydrogen-bond donors (Lipinski definition) is 0. The number of rotatable bonds is 7. The van der Waals surface area contributed by atoms with Gasteiger partial charge in [0, 0.05) is 27.9 Å². The molecule has 6 heteroatoms. The fourth-order valence-corrected chi connectivity index (χ4v) is 3.88. The molecule has 0 saturated heterocycles. The van der Waals surface area contributed by atoms with E-state index in [1.165, 1.54) is 16.6 Å². The number of halogens is 2. The van der Waals surface area contributed by atoms with Crippen LogP contribution < -0.4 is 10.2 Å². The number of benzene rings is 3. The molecule has 3 aromatic carbocycles. The maximum atomic E-state index is 5.24. The molecular formula is C25H24BBr2N2O. The van der Waals surface area contributed by atoms with Crippen molar-refractivity contribution in [3.05, 3.63) is 107 Å². The molecule has 0 atom stereocenters. The smallest absolute Gasteiger partial charge is 0.152 e. The van der Waals surface area contributed by atoms with Crippen LogP contribution in [0.3, 0.4) is 0 Å². The highest BCUT2D eigenvalue weighted by Gasteiger charge is 2.03. The highest BCUT2D eigenvalue weighted by atomic mass is 79.9. The van der Waals surface area contributed by atoms with Gasteiger partial charge < -0.3 is 9.30 Å². The third kappa shape index (κ3) is 7.40. The van der Waals surface area contributed by atoms with Crippen LogP contribution in [-0.4, -0.2) is 23.9 Å². The van der Waals surface area contributed by atoms with Crippen LogP contribution in [0, 0.1) is 0 Å². The Morgan fingerprint density at radius 2 is 1.81 bits per heavy atom. The van der Waals surface area contributed by atoms with Crippen LogP contribution in [-0.2, 0) is 11.8 Å². The van der Waals surface area contributed by atoms with Gasteiger partial charge in [0.05, 0.1) is 13.4 Å². The number of aryl methyl sites for hydroxylation is 1. The van der Waals surface area contributed by atoms with Crippen molar-refractivity contribution in [2.24, 2.45) is 0 Å². The molecule has 1 radical (unpaired) electrons. The molecule has 4 rings (SSSR count). The van der Waals surface area contributed by atoms with E-state index in [1.807, 2.05) is 47.2 Å². The second-order valence-corrected chi connectivity index (χ2v) is 8.35. The standard InChI is InChI=1S/C16H17BBrO.C9H7BrN2/c1-19-15-7-4-5-13(11-15)9-10-17-16-8-3-2-6-14(16)12-18;10-8-1-3-9(4-2-8)12-6-5-11-7-12/h2-8,11H,9-10,12H2,1H3;1-7H. The lowest BCUT2D eigenvalue weighted by Gasteiger charge is -2.07. The van der Waals surface area contributed by atoms with Gasteiger partial charge >= 0.3 is 0 Å². The van der Waals surface area contributed by atoms with Crippen molar-refractivity contribution in [3.8, 4) is 11.4 Å². The summed E-state index contributed by atoms with van der Waals surface area (Å²) < 4.78 is 8.29. The molecule has 0 spiro atoms. The van der Waals surface area contributed by atoms with Gasteiger partial charge in [0.2, 0.25) is 0 Å². The van der Waals surface area contributed by atoms with Crippen molar-refractivity contribution in [3.63, 3.8) is 0 Å². The minimum atomic E-state index is 0.902. The summed E-state index contributed by atoms with van der Waals surface area (Å²) in [6.07, 6.45) is 7.54. The summed E-state index contributed by atoms with van der Waals surface area (Å²) in [6, 6.07) is 24.8. The van der Waals surface area contributed by atoms with Crippen LogP contribution in [0.5, 0.6) is 5.75 Å². The molecular weight excluding hydrogens is 515 g/mol. The second kappa shape index (κ2) is 12.5. The van der Waals surface area contributed by atoms with Crippen LogP contribution in [0.2, 0.25) is 6.32 Å². The molecule has 0 aliphatic heterocycles. The predicted octanol–water partition coefficient (Wildman–Crippen LogP) is 6.22. The minimum absolute atomic E-state index is 0.902. The minimum Gasteiger partial charge on any atom is -0.497 e. The predicted molar refractivity (Wildman–Crippen MR) is 137 cm³/mol. The van der Waals surface area contributed by atoms with Gasteiger partial charge in [-0.2, -0.15) is 0 Å². The molecule has 0 aliphatic carbocycles. The second-order valence-electron chi connectivity index (χ2n) is 6.87. The number of imidazole rings is 1. The van der Waals surface area contributed by atoms with E-state index in [-0.39, 0.29) is 0 Å². The molecule has 0 saturated carbocycles. The van der Waals surface area contributed by atoms with Gasteiger partial charge in [0.15, 0.2) is 7.28 Å². The average Bonchev–Trinajstić information content (AvgIpc) is 3.35. The van der Waals surface area contributed by atoms with Gasteiger partial charge in [-0.25, -0.2) is 4.98 Å². The van der Waals surface area contributed by atoms with E-state index in [9.17, 15) is 0 Å². The van der Waals surface area contributed by atoms with Gasteiger partial charge in [-0.15, -0.1) is 0 Å². The van der Waals surface area contributed by atoms with Crippen molar-refractivity contribution in [2.45, 2.75) is 18.1 Å². The summed E-state index contributed by atoms with van der Waals surface area (Å²) in [5, 5.41) is 0.902. The maximum Gasteiger partial charge on any atom is 0.152 e. The van der Waals surface area contributed by atoms with Gasteiger partial charge in [0.1, 0.15) is 5.75 Å². The molecule has 31 heavy (non-hydrogen) atoms. The summed E-state index contributed by atoms with van der Waals surface area (Å²) in [5.41, 5.74) is 5.10. The zero-order valence-electron chi connectivity index (χ0n) is 17.4. The number of nitrogens with zero attached hydrogens (tertiary/aromatic N) is 2. The molecule has 4 aromatic rings. The largest absolute Gasteiger partial charge is 0.497 e. The zero-order valence-corrected chi connectivity index (χ0v) is 20.6. The Hall–Kier alpha value is -2.31.